The highest BCUT2D eigenvalue weighted by Gasteiger charge is 2.15. The molecular weight excluding hydrogens is 324 g/mol. The van der Waals surface area contributed by atoms with Crippen molar-refractivity contribution in [2.45, 2.75) is 13.3 Å². The van der Waals surface area contributed by atoms with Gasteiger partial charge in [0.1, 0.15) is 0 Å². The van der Waals surface area contributed by atoms with Gasteiger partial charge in [-0.15, -0.1) is 11.3 Å². The highest BCUT2D eigenvalue weighted by molar-refractivity contribution is 7.15. The Bertz CT molecular complexity index is 838. The molecule has 0 aliphatic rings. The number of nitrogens with zero attached hydrogens (tertiary/aromatic N) is 3. The highest BCUT2D eigenvalue weighted by atomic mass is 32.1. The average Bonchev–Trinajstić information content (AvgIpc) is 3.10. The smallest absolute Gasteiger partial charge is 0.243 e. The summed E-state index contributed by atoms with van der Waals surface area (Å²) in [4.78, 5) is 30.9. The lowest BCUT2D eigenvalue weighted by Gasteiger charge is -2.16. The Hall–Kier alpha value is -2.67. The van der Waals surface area contributed by atoms with E-state index in [-0.39, 0.29) is 24.8 Å². The van der Waals surface area contributed by atoms with Crippen molar-refractivity contribution in [2.24, 2.45) is 0 Å². The molecule has 0 bridgehead atoms. The molecule has 6 nitrogen and oxygen atoms in total. The van der Waals surface area contributed by atoms with E-state index in [0.717, 1.165) is 16.2 Å². The summed E-state index contributed by atoms with van der Waals surface area (Å²) in [5.41, 5.74) is 2.55. The van der Waals surface area contributed by atoms with Gasteiger partial charge in [0.2, 0.25) is 11.8 Å². The Labute approximate surface area is 143 Å². The summed E-state index contributed by atoms with van der Waals surface area (Å²) in [6.07, 6.45) is 3.92. The van der Waals surface area contributed by atoms with Gasteiger partial charge in [-0.05, 0) is 19.1 Å². The number of thiazole rings is 1. The van der Waals surface area contributed by atoms with Crippen LogP contribution in [0.4, 0.5) is 5.69 Å². The van der Waals surface area contributed by atoms with Crippen molar-refractivity contribution >= 4 is 33.8 Å². The van der Waals surface area contributed by atoms with Crippen LogP contribution < -0.4 is 5.32 Å². The van der Waals surface area contributed by atoms with Gasteiger partial charge >= 0.3 is 0 Å². The molecule has 24 heavy (non-hydrogen) atoms. The number of fused-ring (bicyclic) bond motifs is 1. The Morgan fingerprint density at radius 3 is 2.75 bits per heavy atom. The van der Waals surface area contributed by atoms with Crippen LogP contribution in [0.2, 0.25) is 0 Å². The van der Waals surface area contributed by atoms with Gasteiger partial charge in [0.25, 0.3) is 0 Å². The van der Waals surface area contributed by atoms with E-state index in [2.05, 4.69) is 10.3 Å². The van der Waals surface area contributed by atoms with Crippen LogP contribution >= 0.6 is 11.3 Å². The summed E-state index contributed by atoms with van der Waals surface area (Å²) in [6, 6.07) is 7.53. The molecule has 3 rings (SSSR count). The van der Waals surface area contributed by atoms with Crippen molar-refractivity contribution in [3.8, 4) is 0 Å². The van der Waals surface area contributed by atoms with E-state index in [4.69, 9.17) is 0 Å². The lowest BCUT2D eigenvalue weighted by atomic mass is 10.2. The fourth-order valence-electron chi connectivity index (χ4n) is 2.29. The number of carbonyl (C=O) groups is 2. The molecule has 0 saturated heterocycles. The normalized spacial score (nSPS) is 10.8. The van der Waals surface area contributed by atoms with E-state index in [0.29, 0.717) is 5.69 Å². The van der Waals surface area contributed by atoms with Crippen molar-refractivity contribution in [1.29, 1.82) is 0 Å². The van der Waals surface area contributed by atoms with Crippen LogP contribution in [0.5, 0.6) is 0 Å². The number of amides is 2. The number of rotatable bonds is 5. The molecule has 0 spiro atoms. The number of aromatic nitrogens is 2. The maximum Gasteiger partial charge on any atom is 0.243 e. The number of imidazole rings is 1. The molecule has 0 saturated carbocycles. The summed E-state index contributed by atoms with van der Waals surface area (Å²) < 4.78 is 1.89. The van der Waals surface area contributed by atoms with Crippen LogP contribution in [0.1, 0.15) is 11.3 Å². The largest absolute Gasteiger partial charge is 0.336 e. The second-order valence-corrected chi connectivity index (χ2v) is 6.54. The molecule has 3 aromatic rings. The lowest BCUT2D eigenvalue weighted by Crippen LogP contribution is -2.35. The van der Waals surface area contributed by atoms with Crippen molar-refractivity contribution in [3.05, 3.63) is 53.3 Å². The summed E-state index contributed by atoms with van der Waals surface area (Å²) >= 11 is 1.52. The van der Waals surface area contributed by atoms with Crippen molar-refractivity contribution in [3.63, 3.8) is 0 Å². The Kier molecular flexibility index (Phi) is 4.61. The quantitative estimate of drug-likeness (QED) is 0.774. The predicted octanol–water partition coefficient (Wildman–Crippen LogP) is 2.34. The molecule has 2 aromatic heterocycles. The fraction of sp³-hybridized carbons (Fsp3) is 0.235. The third-order valence-corrected chi connectivity index (χ3v) is 4.39. The van der Waals surface area contributed by atoms with Crippen LogP contribution in [0, 0.1) is 6.92 Å². The molecule has 124 valence electrons. The summed E-state index contributed by atoms with van der Waals surface area (Å²) in [7, 11) is 1.62. The number of anilines is 1. The number of hydrogen-bond donors (Lipinski definition) is 1. The second-order valence-electron chi connectivity index (χ2n) is 5.67. The van der Waals surface area contributed by atoms with Crippen molar-refractivity contribution in [2.75, 3.05) is 18.9 Å². The molecule has 0 aliphatic heterocycles. The Morgan fingerprint density at radius 1 is 1.29 bits per heavy atom. The van der Waals surface area contributed by atoms with Crippen molar-refractivity contribution < 1.29 is 9.59 Å². The second kappa shape index (κ2) is 6.84. The SMILES string of the molecule is Cc1ccc(NC(=O)CN(C)C(=O)Cc2cn3ccsc3n2)cc1. The molecule has 1 N–H and O–H groups in total. The van der Waals surface area contributed by atoms with E-state index < -0.39 is 0 Å². The van der Waals surface area contributed by atoms with Gasteiger partial charge in [-0.1, -0.05) is 17.7 Å². The molecule has 0 aliphatic carbocycles. The number of nitrogens with one attached hydrogen (secondary N) is 1. The zero-order chi connectivity index (χ0) is 17.1. The van der Waals surface area contributed by atoms with Crippen LogP contribution in [-0.2, 0) is 16.0 Å². The van der Waals surface area contributed by atoms with Crippen LogP contribution in [0.15, 0.2) is 42.0 Å². The fourth-order valence-corrected chi connectivity index (χ4v) is 3.01. The van der Waals surface area contributed by atoms with E-state index in [1.165, 1.54) is 16.2 Å². The minimum Gasteiger partial charge on any atom is -0.336 e. The first-order valence-corrected chi connectivity index (χ1v) is 8.41. The highest BCUT2D eigenvalue weighted by Crippen LogP contribution is 2.12. The molecule has 2 amide bonds. The number of likely N-dealkylation sites (N-methyl/N-ethyl adjacent to an activating group) is 1. The molecule has 0 fully saturated rings. The minimum atomic E-state index is -0.222. The van der Waals surface area contributed by atoms with Crippen LogP contribution in [-0.4, -0.2) is 39.7 Å². The monoisotopic (exact) mass is 342 g/mol. The zero-order valence-electron chi connectivity index (χ0n) is 13.5. The first kappa shape index (κ1) is 16.2. The third kappa shape index (κ3) is 3.80. The van der Waals surface area contributed by atoms with Gasteiger partial charge in [-0.2, -0.15) is 0 Å². The topological polar surface area (TPSA) is 66.7 Å². The average molecular weight is 342 g/mol. The summed E-state index contributed by atoms with van der Waals surface area (Å²) in [5, 5.41) is 4.73. The molecule has 2 heterocycles. The molecular formula is C17H18N4O2S. The number of carbonyl (C=O) groups excluding carboxylic acids is 2. The summed E-state index contributed by atoms with van der Waals surface area (Å²) in [6.45, 7) is 1.99. The van der Waals surface area contributed by atoms with Crippen LogP contribution in [0.3, 0.4) is 0 Å². The van der Waals surface area contributed by atoms with E-state index in [1.807, 2.05) is 53.4 Å². The van der Waals surface area contributed by atoms with Gasteiger partial charge in [0.05, 0.1) is 18.7 Å². The standard InChI is InChI=1S/C17H18N4O2S/c1-12-3-5-13(6-4-12)18-15(22)11-20(2)16(23)9-14-10-21-7-8-24-17(21)19-14/h3-8,10H,9,11H2,1-2H3,(H,18,22). The van der Waals surface area contributed by atoms with E-state index in [9.17, 15) is 9.59 Å². The Balaban J connectivity index is 1.54. The molecule has 1 aromatic carbocycles. The molecule has 0 unspecified atom stereocenters. The maximum atomic E-state index is 12.2. The molecule has 7 heteroatoms. The van der Waals surface area contributed by atoms with Gasteiger partial charge < -0.3 is 10.2 Å². The van der Waals surface area contributed by atoms with Gasteiger partial charge in [0, 0.05) is 30.5 Å². The van der Waals surface area contributed by atoms with Crippen molar-refractivity contribution in [1.82, 2.24) is 14.3 Å². The van der Waals surface area contributed by atoms with Gasteiger partial charge in [-0.3, -0.25) is 14.0 Å². The maximum absolute atomic E-state index is 12.2. The lowest BCUT2D eigenvalue weighted by molar-refractivity contribution is -0.132. The first-order valence-electron chi connectivity index (χ1n) is 7.53. The number of aryl methyl sites for hydroxylation is 1. The summed E-state index contributed by atoms with van der Waals surface area (Å²) in [5.74, 6) is -0.361. The number of hydrogen-bond acceptors (Lipinski definition) is 4. The minimum absolute atomic E-state index is 0.00886. The van der Waals surface area contributed by atoms with Gasteiger partial charge in [-0.25, -0.2) is 4.98 Å². The van der Waals surface area contributed by atoms with Crippen LogP contribution in [0.25, 0.3) is 4.96 Å². The predicted molar refractivity (Wildman–Crippen MR) is 94.2 cm³/mol. The van der Waals surface area contributed by atoms with E-state index in [1.54, 1.807) is 7.05 Å². The third-order valence-electron chi connectivity index (χ3n) is 3.62. The zero-order valence-corrected chi connectivity index (χ0v) is 14.3. The first-order chi connectivity index (χ1) is 11.5. The molecule has 0 radical (unpaired) electrons. The van der Waals surface area contributed by atoms with E-state index >= 15 is 0 Å². The van der Waals surface area contributed by atoms with Gasteiger partial charge in [0.15, 0.2) is 4.96 Å². The Morgan fingerprint density at radius 2 is 2.04 bits per heavy atom. The molecule has 0 atom stereocenters. The number of benzene rings is 1.